The van der Waals surface area contributed by atoms with Crippen molar-refractivity contribution in [3.63, 3.8) is 0 Å². The van der Waals surface area contributed by atoms with Gasteiger partial charge >= 0.3 is 5.97 Å². The van der Waals surface area contributed by atoms with E-state index in [2.05, 4.69) is 11.4 Å². The van der Waals surface area contributed by atoms with E-state index in [1.807, 2.05) is 0 Å². The SMILES string of the molecule is N#Cc1c(NC(=O)COC(=O)c2cccc(O)c2)sc2c1CCCCC2. The number of carbonyl (C=O) groups excluding carboxylic acids is 2. The summed E-state index contributed by atoms with van der Waals surface area (Å²) in [7, 11) is 0. The largest absolute Gasteiger partial charge is 0.508 e. The van der Waals surface area contributed by atoms with Crippen LogP contribution in [0.15, 0.2) is 24.3 Å². The van der Waals surface area contributed by atoms with Gasteiger partial charge in [0.2, 0.25) is 0 Å². The van der Waals surface area contributed by atoms with Crippen molar-refractivity contribution < 1.29 is 19.4 Å². The summed E-state index contributed by atoms with van der Waals surface area (Å²) in [6, 6.07) is 7.91. The number of hydrogen-bond acceptors (Lipinski definition) is 6. The van der Waals surface area contributed by atoms with E-state index in [-0.39, 0.29) is 11.3 Å². The van der Waals surface area contributed by atoms with Crippen molar-refractivity contribution in [3.05, 3.63) is 45.8 Å². The van der Waals surface area contributed by atoms with Gasteiger partial charge in [0.25, 0.3) is 5.91 Å². The lowest BCUT2D eigenvalue weighted by molar-refractivity contribution is -0.119. The van der Waals surface area contributed by atoms with Crippen LogP contribution in [0.2, 0.25) is 0 Å². The van der Waals surface area contributed by atoms with Crippen LogP contribution in [-0.2, 0) is 22.4 Å². The number of hydrogen-bond donors (Lipinski definition) is 2. The Hall–Kier alpha value is -2.85. The third-order valence-corrected chi connectivity index (χ3v) is 5.41. The summed E-state index contributed by atoms with van der Waals surface area (Å²) in [6.45, 7) is -0.456. The Bertz CT molecular complexity index is 882. The smallest absolute Gasteiger partial charge is 0.338 e. The zero-order valence-electron chi connectivity index (χ0n) is 14.1. The van der Waals surface area contributed by atoms with Crippen molar-refractivity contribution >= 4 is 28.2 Å². The molecule has 0 fully saturated rings. The highest BCUT2D eigenvalue weighted by atomic mass is 32.1. The lowest BCUT2D eigenvalue weighted by Crippen LogP contribution is -2.20. The summed E-state index contributed by atoms with van der Waals surface area (Å²) in [5.74, 6) is -1.24. The molecule has 2 aromatic rings. The number of nitrogens with one attached hydrogen (secondary N) is 1. The predicted octanol–water partition coefficient (Wildman–Crippen LogP) is 3.39. The normalized spacial score (nSPS) is 13.2. The minimum atomic E-state index is -0.696. The molecule has 134 valence electrons. The second-order valence-corrected chi connectivity index (χ2v) is 7.16. The molecule has 0 spiro atoms. The molecule has 2 N–H and O–H groups in total. The van der Waals surface area contributed by atoms with Crippen molar-refractivity contribution in [2.24, 2.45) is 0 Å². The van der Waals surface area contributed by atoms with Crippen molar-refractivity contribution in [1.29, 1.82) is 5.26 Å². The van der Waals surface area contributed by atoms with Gasteiger partial charge in [-0.25, -0.2) is 4.79 Å². The maximum Gasteiger partial charge on any atom is 0.338 e. The van der Waals surface area contributed by atoms with Gasteiger partial charge in [-0.15, -0.1) is 11.3 Å². The molecule has 0 unspecified atom stereocenters. The minimum Gasteiger partial charge on any atom is -0.508 e. The Morgan fingerprint density at radius 1 is 1.27 bits per heavy atom. The van der Waals surface area contributed by atoms with Gasteiger partial charge < -0.3 is 15.2 Å². The Morgan fingerprint density at radius 3 is 2.85 bits per heavy atom. The number of thiophene rings is 1. The molecule has 0 saturated heterocycles. The number of nitriles is 1. The lowest BCUT2D eigenvalue weighted by Gasteiger charge is -2.06. The predicted molar refractivity (Wildman–Crippen MR) is 97.3 cm³/mol. The maximum atomic E-state index is 12.1. The van der Waals surface area contributed by atoms with Crippen LogP contribution in [0.4, 0.5) is 5.00 Å². The van der Waals surface area contributed by atoms with Crippen LogP contribution in [0.5, 0.6) is 5.75 Å². The third kappa shape index (κ3) is 4.03. The number of phenolic OH excluding ortho intramolecular Hbond substituents is 1. The first-order valence-electron chi connectivity index (χ1n) is 8.39. The van der Waals surface area contributed by atoms with Crippen molar-refractivity contribution in [1.82, 2.24) is 0 Å². The molecule has 26 heavy (non-hydrogen) atoms. The Labute approximate surface area is 155 Å². The molecule has 6 nitrogen and oxygen atoms in total. The number of anilines is 1. The molecule has 0 atom stereocenters. The molecule has 1 heterocycles. The van der Waals surface area contributed by atoms with Crippen LogP contribution in [0.3, 0.4) is 0 Å². The van der Waals surface area contributed by atoms with Gasteiger partial charge in [0.1, 0.15) is 16.8 Å². The number of carbonyl (C=O) groups is 2. The summed E-state index contributed by atoms with van der Waals surface area (Å²) >= 11 is 1.43. The van der Waals surface area contributed by atoms with Crippen LogP contribution in [0.1, 0.15) is 45.6 Å². The van der Waals surface area contributed by atoms with Gasteiger partial charge in [-0.3, -0.25) is 4.79 Å². The number of nitrogens with zero attached hydrogens (tertiary/aromatic N) is 1. The van der Waals surface area contributed by atoms with Crippen molar-refractivity contribution in [2.45, 2.75) is 32.1 Å². The summed E-state index contributed by atoms with van der Waals surface area (Å²) < 4.78 is 4.97. The van der Waals surface area contributed by atoms with Gasteiger partial charge in [0.15, 0.2) is 6.61 Å². The first-order valence-corrected chi connectivity index (χ1v) is 9.21. The van der Waals surface area contributed by atoms with E-state index in [1.54, 1.807) is 0 Å². The number of aromatic hydroxyl groups is 1. The first-order chi connectivity index (χ1) is 12.6. The Morgan fingerprint density at radius 2 is 2.08 bits per heavy atom. The van der Waals surface area contributed by atoms with E-state index in [4.69, 9.17) is 4.74 Å². The topological polar surface area (TPSA) is 99.4 Å². The maximum absolute atomic E-state index is 12.1. The number of esters is 1. The molecule has 1 amide bonds. The molecule has 0 bridgehead atoms. The molecular formula is C19H18N2O4S. The number of ether oxygens (including phenoxy) is 1. The average molecular weight is 370 g/mol. The highest BCUT2D eigenvalue weighted by Crippen LogP contribution is 2.36. The molecule has 0 radical (unpaired) electrons. The van der Waals surface area contributed by atoms with Crippen LogP contribution >= 0.6 is 11.3 Å². The molecule has 3 rings (SSSR count). The molecular weight excluding hydrogens is 352 g/mol. The van der Waals surface area contributed by atoms with E-state index in [9.17, 15) is 20.0 Å². The zero-order chi connectivity index (χ0) is 18.5. The number of benzene rings is 1. The fourth-order valence-electron chi connectivity index (χ4n) is 2.96. The monoisotopic (exact) mass is 370 g/mol. The summed E-state index contributed by atoms with van der Waals surface area (Å²) in [4.78, 5) is 25.2. The number of rotatable bonds is 4. The van der Waals surface area contributed by atoms with Gasteiger partial charge in [-0.2, -0.15) is 5.26 Å². The van der Waals surface area contributed by atoms with Crippen LogP contribution in [-0.4, -0.2) is 23.6 Å². The molecule has 1 aliphatic rings. The molecule has 0 aliphatic heterocycles. The van der Waals surface area contributed by atoms with E-state index < -0.39 is 18.5 Å². The molecule has 1 aromatic heterocycles. The van der Waals surface area contributed by atoms with E-state index in [1.165, 1.54) is 35.6 Å². The fourth-order valence-corrected chi connectivity index (χ4v) is 4.21. The second-order valence-electron chi connectivity index (χ2n) is 6.06. The van der Waals surface area contributed by atoms with E-state index >= 15 is 0 Å². The average Bonchev–Trinajstić information content (AvgIpc) is 2.79. The summed E-state index contributed by atoms with van der Waals surface area (Å²) in [6.07, 6.45) is 5.08. The number of aryl methyl sites for hydroxylation is 1. The minimum absolute atomic E-state index is 0.0531. The second kappa shape index (κ2) is 8.02. The molecule has 0 saturated carbocycles. The Kier molecular flexibility index (Phi) is 5.54. The van der Waals surface area contributed by atoms with Crippen LogP contribution in [0.25, 0.3) is 0 Å². The zero-order valence-corrected chi connectivity index (χ0v) is 14.9. The molecule has 1 aromatic carbocycles. The van der Waals surface area contributed by atoms with E-state index in [0.29, 0.717) is 10.6 Å². The molecule has 1 aliphatic carbocycles. The molecule has 7 heteroatoms. The number of amides is 1. The van der Waals surface area contributed by atoms with Gasteiger partial charge in [-0.05, 0) is 49.4 Å². The number of phenols is 1. The lowest BCUT2D eigenvalue weighted by atomic mass is 10.1. The highest BCUT2D eigenvalue weighted by Gasteiger charge is 2.21. The van der Waals surface area contributed by atoms with Gasteiger partial charge in [-0.1, -0.05) is 12.5 Å². The number of fused-ring (bicyclic) bond motifs is 1. The highest BCUT2D eigenvalue weighted by molar-refractivity contribution is 7.16. The fraction of sp³-hybridized carbons (Fsp3) is 0.316. The first kappa shape index (κ1) is 18.0. The van der Waals surface area contributed by atoms with Crippen LogP contribution < -0.4 is 5.32 Å². The van der Waals surface area contributed by atoms with Crippen molar-refractivity contribution in [2.75, 3.05) is 11.9 Å². The van der Waals surface area contributed by atoms with E-state index in [0.717, 1.165) is 42.5 Å². The van der Waals surface area contributed by atoms with Gasteiger partial charge in [0, 0.05) is 4.88 Å². The third-order valence-electron chi connectivity index (χ3n) is 4.20. The van der Waals surface area contributed by atoms with Crippen LogP contribution in [0, 0.1) is 11.3 Å². The standard InChI is InChI=1S/C19H18N2O4S/c20-10-15-14-7-2-1-3-8-16(14)26-18(15)21-17(23)11-25-19(24)12-5-4-6-13(22)9-12/h4-6,9,22H,1-3,7-8,11H2,(H,21,23). The Balaban J connectivity index is 1.63. The summed E-state index contributed by atoms with van der Waals surface area (Å²) in [5.41, 5.74) is 1.74. The quantitative estimate of drug-likeness (QED) is 0.635. The van der Waals surface area contributed by atoms with Gasteiger partial charge in [0.05, 0.1) is 11.1 Å². The van der Waals surface area contributed by atoms with Crippen molar-refractivity contribution in [3.8, 4) is 11.8 Å². The summed E-state index contributed by atoms with van der Waals surface area (Å²) in [5, 5.41) is 22.0.